The maximum absolute atomic E-state index is 5.48. The molecule has 8 nitrogen and oxygen atoms in total. The molecule has 0 atom stereocenters. The van der Waals surface area contributed by atoms with Crippen LogP contribution in [-0.4, -0.2) is 64.3 Å². The second-order valence-electron chi connectivity index (χ2n) is 7.23. The Morgan fingerprint density at radius 2 is 1.64 bits per heavy atom. The Labute approximate surface area is 163 Å². The molecule has 0 saturated carbocycles. The highest BCUT2D eigenvalue weighted by molar-refractivity contribution is 5.86. The van der Waals surface area contributed by atoms with E-state index < -0.39 is 0 Å². The summed E-state index contributed by atoms with van der Waals surface area (Å²) in [7, 11) is 0. The van der Waals surface area contributed by atoms with Crippen molar-refractivity contribution in [3.8, 4) is 0 Å². The first-order valence-electron chi connectivity index (χ1n) is 9.84. The number of piperazine rings is 1. The zero-order valence-corrected chi connectivity index (χ0v) is 15.7. The molecule has 0 aromatic carbocycles. The van der Waals surface area contributed by atoms with E-state index in [1.54, 1.807) is 18.9 Å². The molecule has 0 aliphatic carbocycles. The predicted octanol–water partition coefficient (Wildman–Crippen LogP) is 2.04. The lowest BCUT2D eigenvalue weighted by Gasteiger charge is -2.36. The molecule has 0 radical (unpaired) electrons. The highest BCUT2D eigenvalue weighted by Gasteiger charge is 2.23. The highest BCUT2D eigenvalue weighted by atomic mass is 16.5. The van der Waals surface area contributed by atoms with E-state index in [2.05, 4.69) is 40.8 Å². The first kappa shape index (κ1) is 17.2. The van der Waals surface area contributed by atoms with Gasteiger partial charge in [0, 0.05) is 63.3 Å². The zero-order chi connectivity index (χ0) is 18.8. The van der Waals surface area contributed by atoms with E-state index >= 15 is 0 Å². The Bertz CT molecular complexity index is 947. The number of aromatic nitrogens is 5. The summed E-state index contributed by atoms with van der Waals surface area (Å²) in [5, 5.41) is 1.00. The fourth-order valence-corrected chi connectivity index (χ4v) is 4.03. The molecule has 144 valence electrons. The summed E-state index contributed by atoms with van der Waals surface area (Å²) >= 11 is 0. The average Bonchev–Trinajstić information content (AvgIpc) is 2.79. The van der Waals surface area contributed by atoms with Gasteiger partial charge in [0.2, 0.25) is 0 Å². The number of hydrogen-bond acceptors (Lipinski definition) is 8. The Morgan fingerprint density at radius 3 is 2.50 bits per heavy atom. The number of ether oxygens (including phenoxy) is 1. The van der Waals surface area contributed by atoms with Gasteiger partial charge in [0.1, 0.15) is 24.3 Å². The molecule has 2 aliphatic heterocycles. The Morgan fingerprint density at radius 1 is 0.857 bits per heavy atom. The van der Waals surface area contributed by atoms with Crippen molar-refractivity contribution in [2.75, 3.05) is 49.2 Å². The molecule has 2 fully saturated rings. The second kappa shape index (κ2) is 7.63. The van der Waals surface area contributed by atoms with Gasteiger partial charge < -0.3 is 14.5 Å². The fourth-order valence-electron chi connectivity index (χ4n) is 4.03. The van der Waals surface area contributed by atoms with E-state index in [1.165, 1.54) is 0 Å². The summed E-state index contributed by atoms with van der Waals surface area (Å²) in [6.07, 6.45) is 7.15. The minimum Gasteiger partial charge on any atom is -0.381 e. The number of anilines is 2. The van der Waals surface area contributed by atoms with Gasteiger partial charge in [0.25, 0.3) is 0 Å². The van der Waals surface area contributed by atoms with Crippen LogP contribution in [0.2, 0.25) is 0 Å². The highest BCUT2D eigenvalue weighted by Crippen LogP contribution is 2.28. The van der Waals surface area contributed by atoms with Crippen LogP contribution in [0.15, 0.2) is 37.1 Å². The van der Waals surface area contributed by atoms with Gasteiger partial charge in [-0.15, -0.1) is 0 Å². The summed E-state index contributed by atoms with van der Waals surface area (Å²) in [6, 6.07) is 6.13. The van der Waals surface area contributed by atoms with Gasteiger partial charge in [-0.05, 0) is 25.0 Å². The number of fused-ring (bicyclic) bond motifs is 1. The molecule has 8 heteroatoms. The SMILES string of the molecule is c1cnc2ncnc(N3CCN(c4cc(C5CCOCC5)ncn4)CC3)c2c1. The van der Waals surface area contributed by atoms with Crippen molar-refractivity contribution < 1.29 is 4.74 Å². The van der Waals surface area contributed by atoms with Crippen LogP contribution < -0.4 is 9.80 Å². The molecule has 0 N–H and O–H groups in total. The van der Waals surface area contributed by atoms with Crippen molar-refractivity contribution in [1.29, 1.82) is 0 Å². The molecule has 2 saturated heterocycles. The first-order chi connectivity index (χ1) is 13.9. The summed E-state index contributed by atoms with van der Waals surface area (Å²) < 4.78 is 5.48. The maximum Gasteiger partial charge on any atom is 0.164 e. The summed E-state index contributed by atoms with van der Waals surface area (Å²) in [6.45, 7) is 5.22. The third kappa shape index (κ3) is 3.35. The van der Waals surface area contributed by atoms with Crippen LogP contribution >= 0.6 is 0 Å². The quantitative estimate of drug-likeness (QED) is 0.686. The van der Waals surface area contributed by atoms with Crippen LogP contribution in [0.1, 0.15) is 24.5 Å². The fraction of sp³-hybridized carbons (Fsp3) is 0.450. The number of pyridine rings is 1. The van der Waals surface area contributed by atoms with Crippen LogP contribution in [0.25, 0.3) is 11.0 Å². The van der Waals surface area contributed by atoms with E-state index in [1.807, 2.05) is 12.1 Å². The topological polar surface area (TPSA) is 80.2 Å². The number of hydrogen-bond donors (Lipinski definition) is 0. The van der Waals surface area contributed by atoms with Crippen LogP contribution in [0, 0.1) is 0 Å². The molecule has 3 aromatic heterocycles. The van der Waals surface area contributed by atoms with Gasteiger partial charge in [-0.1, -0.05) is 0 Å². The monoisotopic (exact) mass is 377 g/mol. The molecule has 28 heavy (non-hydrogen) atoms. The van der Waals surface area contributed by atoms with Crippen molar-refractivity contribution >= 4 is 22.7 Å². The molecule has 0 unspecified atom stereocenters. The number of rotatable bonds is 3. The molecule has 0 bridgehead atoms. The molecule has 3 aromatic rings. The van der Waals surface area contributed by atoms with E-state index in [4.69, 9.17) is 4.74 Å². The van der Waals surface area contributed by atoms with E-state index in [9.17, 15) is 0 Å². The average molecular weight is 377 g/mol. The van der Waals surface area contributed by atoms with Crippen LogP contribution in [0.3, 0.4) is 0 Å². The summed E-state index contributed by atoms with van der Waals surface area (Å²) in [5.74, 6) is 2.46. The standard InChI is InChI=1S/C20H23N7O/c1-2-16-19(21-5-1)24-14-25-20(16)27-8-6-26(7-9-27)18-12-17(22-13-23-18)15-3-10-28-11-4-15/h1-2,5,12-15H,3-4,6-11H2. The minimum atomic E-state index is 0.483. The van der Waals surface area contributed by atoms with Gasteiger partial charge in [-0.2, -0.15) is 0 Å². The van der Waals surface area contributed by atoms with Crippen molar-refractivity contribution in [2.24, 2.45) is 0 Å². The minimum absolute atomic E-state index is 0.483. The largest absolute Gasteiger partial charge is 0.381 e. The van der Waals surface area contributed by atoms with Crippen molar-refractivity contribution in [3.05, 3.63) is 42.7 Å². The van der Waals surface area contributed by atoms with Crippen molar-refractivity contribution in [1.82, 2.24) is 24.9 Å². The van der Waals surface area contributed by atoms with Crippen LogP contribution in [0.4, 0.5) is 11.6 Å². The Hall–Kier alpha value is -2.87. The third-order valence-corrected chi connectivity index (χ3v) is 5.60. The summed E-state index contributed by atoms with van der Waals surface area (Å²) in [4.78, 5) is 26.8. The Balaban J connectivity index is 1.31. The zero-order valence-electron chi connectivity index (χ0n) is 15.7. The first-order valence-corrected chi connectivity index (χ1v) is 9.84. The molecule has 0 spiro atoms. The van der Waals surface area contributed by atoms with Crippen LogP contribution in [0.5, 0.6) is 0 Å². The maximum atomic E-state index is 5.48. The van der Waals surface area contributed by atoms with Crippen molar-refractivity contribution in [3.63, 3.8) is 0 Å². The van der Waals surface area contributed by atoms with Gasteiger partial charge in [-0.3, -0.25) is 0 Å². The summed E-state index contributed by atoms with van der Waals surface area (Å²) in [5.41, 5.74) is 1.88. The normalized spacial score (nSPS) is 18.6. The van der Waals surface area contributed by atoms with E-state index in [0.717, 1.165) is 80.6 Å². The smallest absolute Gasteiger partial charge is 0.164 e. The second-order valence-corrected chi connectivity index (χ2v) is 7.23. The van der Waals surface area contributed by atoms with Crippen LogP contribution in [-0.2, 0) is 4.74 Å². The Kier molecular flexibility index (Phi) is 4.70. The lowest BCUT2D eigenvalue weighted by atomic mass is 9.96. The van der Waals surface area contributed by atoms with E-state index in [-0.39, 0.29) is 0 Å². The lowest BCUT2D eigenvalue weighted by molar-refractivity contribution is 0.0845. The molecule has 5 rings (SSSR count). The predicted molar refractivity (Wildman–Crippen MR) is 107 cm³/mol. The molecule has 2 aliphatic rings. The molecular formula is C20H23N7O. The van der Waals surface area contributed by atoms with E-state index in [0.29, 0.717) is 5.92 Å². The third-order valence-electron chi connectivity index (χ3n) is 5.60. The molecule has 5 heterocycles. The molecular weight excluding hydrogens is 354 g/mol. The van der Waals surface area contributed by atoms with Gasteiger partial charge >= 0.3 is 0 Å². The number of nitrogens with zero attached hydrogens (tertiary/aromatic N) is 7. The van der Waals surface area contributed by atoms with Gasteiger partial charge in [-0.25, -0.2) is 24.9 Å². The van der Waals surface area contributed by atoms with Gasteiger partial charge in [0.05, 0.1) is 5.39 Å². The van der Waals surface area contributed by atoms with Crippen molar-refractivity contribution in [2.45, 2.75) is 18.8 Å². The lowest BCUT2D eigenvalue weighted by Crippen LogP contribution is -2.47. The van der Waals surface area contributed by atoms with Gasteiger partial charge in [0.15, 0.2) is 5.65 Å². The molecule has 0 amide bonds.